The van der Waals surface area contributed by atoms with Gasteiger partial charge in [-0.3, -0.25) is 14.6 Å². The minimum Gasteiger partial charge on any atom is -0.336 e. The van der Waals surface area contributed by atoms with E-state index in [0.717, 1.165) is 33.1 Å². The summed E-state index contributed by atoms with van der Waals surface area (Å²) in [5, 5.41) is 4.85. The molecule has 0 aliphatic carbocycles. The summed E-state index contributed by atoms with van der Waals surface area (Å²) in [6.07, 6.45) is 0.749. The van der Waals surface area contributed by atoms with Crippen LogP contribution in [0.4, 0.5) is 5.00 Å². The van der Waals surface area contributed by atoms with E-state index in [0.29, 0.717) is 29.1 Å². The first-order valence-corrected chi connectivity index (χ1v) is 11.8. The van der Waals surface area contributed by atoms with Crippen molar-refractivity contribution < 1.29 is 9.59 Å². The number of fused-ring (bicyclic) bond motifs is 3. The number of nitrogens with one attached hydrogen (secondary N) is 1. The number of amides is 2. The number of nitrogens with zero attached hydrogens (tertiary/aromatic N) is 2. The summed E-state index contributed by atoms with van der Waals surface area (Å²) in [5.74, 6) is 0.538. The van der Waals surface area contributed by atoms with Gasteiger partial charge in [0.15, 0.2) is 0 Å². The zero-order chi connectivity index (χ0) is 20.5. The van der Waals surface area contributed by atoms with Crippen LogP contribution in [0.15, 0.2) is 29.3 Å². The molecule has 0 spiro atoms. The molecule has 1 aromatic carbocycles. The molecule has 0 bridgehead atoms. The van der Waals surface area contributed by atoms with E-state index in [2.05, 4.69) is 24.2 Å². The molecule has 0 unspecified atom stereocenters. The Morgan fingerprint density at radius 2 is 2.17 bits per heavy atom. The lowest BCUT2D eigenvalue weighted by molar-refractivity contribution is -0.129. The molecule has 152 valence electrons. The number of rotatable bonds is 4. The monoisotopic (exact) mass is 447 g/mol. The van der Waals surface area contributed by atoms with Crippen molar-refractivity contribution >= 4 is 57.2 Å². The van der Waals surface area contributed by atoms with Gasteiger partial charge in [0.1, 0.15) is 11.5 Å². The van der Waals surface area contributed by atoms with Crippen LogP contribution in [-0.2, 0) is 22.6 Å². The van der Waals surface area contributed by atoms with Gasteiger partial charge in [0.05, 0.1) is 18.0 Å². The van der Waals surface area contributed by atoms with Crippen molar-refractivity contribution in [3.63, 3.8) is 0 Å². The summed E-state index contributed by atoms with van der Waals surface area (Å²) >= 11 is 9.66. The van der Waals surface area contributed by atoms with Gasteiger partial charge in [-0.2, -0.15) is 0 Å². The van der Waals surface area contributed by atoms with E-state index in [9.17, 15) is 9.59 Å². The molecule has 0 radical (unpaired) electrons. The summed E-state index contributed by atoms with van der Waals surface area (Å²) in [7, 11) is 0. The Morgan fingerprint density at radius 1 is 1.38 bits per heavy atom. The highest BCUT2D eigenvalue weighted by molar-refractivity contribution is 8.00. The summed E-state index contributed by atoms with van der Waals surface area (Å²) in [5.41, 5.74) is 3.73. The van der Waals surface area contributed by atoms with Crippen LogP contribution in [-0.4, -0.2) is 46.5 Å². The number of anilines is 1. The molecule has 1 aromatic heterocycles. The highest BCUT2D eigenvalue weighted by Gasteiger charge is 2.31. The first-order valence-electron chi connectivity index (χ1n) is 9.57. The number of aliphatic imine (C=N–C) groups is 1. The lowest BCUT2D eigenvalue weighted by atomic mass is 9.95. The molecule has 0 fully saturated rings. The normalized spacial score (nSPS) is 16.1. The first-order chi connectivity index (χ1) is 13.9. The molecular formula is C21H22ClN3O2S2. The van der Waals surface area contributed by atoms with Gasteiger partial charge < -0.3 is 10.2 Å². The number of halogens is 1. The minimum atomic E-state index is -0.131. The van der Waals surface area contributed by atoms with Crippen molar-refractivity contribution in [2.75, 3.05) is 24.2 Å². The first kappa shape index (κ1) is 20.4. The molecular weight excluding hydrogens is 426 g/mol. The lowest BCUT2D eigenvalue weighted by Crippen LogP contribution is -2.37. The van der Waals surface area contributed by atoms with Gasteiger partial charge in [0.25, 0.3) is 0 Å². The molecule has 2 aromatic rings. The smallest absolute Gasteiger partial charge is 0.246 e. The molecule has 2 aliphatic rings. The molecule has 29 heavy (non-hydrogen) atoms. The van der Waals surface area contributed by atoms with Crippen LogP contribution in [0.2, 0.25) is 5.02 Å². The third-order valence-electron chi connectivity index (χ3n) is 4.95. The average Bonchev–Trinajstić information content (AvgIpc) is 2.95. The molecule has 0 atom stereocenters. The van der Waals surface area contributed by atoms with Gasteiger partial charge >= 0.3 is 0 Å². The van der Waals surface area contributed by atoms with Crippen molar-refractivity contribution in [1.82, 2.24) is 4.90 Å². The predicted molar refractivity (Wildman–Crippen MR) is 122 cm³/mol. The fraction of sp³-hybridized carbons (Fsp3) is 0.381. The Morgan fingerprint density at radius 3 is 2.93 bits per heavy atom. The van der Waals surface area contributed by atoms with E-state index < -0.39 is 0 Å². The van der Waals surface area contributed by atoms with Gasteiger partial charge in [-0.15, -0.1) is 23.1 Å². The highest BCUT2D eigenvalue weighted by Crippen LogP contribution is 2.40. The average molecular weight is 448 g/mol. The number of thiophene rings is 1. The number of hydrogen-bond acceptors (Lipinski definition) is 5. The number of thioether (sulfide) groups is 1. The predicted octanol–water partition coefficient (Wildman–Crippen LogP) is 4.22. The lowest BCUT2D eigenvalue weighted by Gasteiger charge is -2.27. The van der Waals surface area contributed by atoms with E-state index in [1.807, 2.05) is 29.2 Å². The summed E-state index contributed by atoms with van der Waals surface area (Å²) in [6.45, 7) is 5.53. The number of benzene rings is 1. The Hall–Kier alpha value is -1.83. The number of carbonyl (C=O) groups excluding carboxylic acids is 2. The van der Waals surface area contributed by atoms with Crippen LogP contribution in [0.5, 0.6) is 0 Å². The van der Waals surface area contributed by atoms with Gasteiger partial charge in [-0.1, -0.05) is 43.6 Å². The summed E-state index contributed by atoms with van der Waals surface area (Å²) in [6, 6.07) is 7.59. The van der Waals surface area contributed by atoms with E-state index in [4.69, 9.17) is 11.6 Å². The van der Waals surface area contributed by atoms with Crippen LogP contribution in [0.3, 0.4) is 0 Å². The Balaban J connectivity index is 1.69. The van der Waals surface area contributed by atoms with Crippen LogP contribution >= 0.6 is 34.7 Å². The molecule has 1 N–H and O–H groups in total. The highest BCUT2D eigenvalue weighted by atomic mass is 35.5. The van der Waals surface area contributed by atoms with Crippen molar-refractivity contribution in [3.05, 3.63) is 50.9 Å². The number of carbonyl (C=O) groups is 2. The van der Waals surface area contributed by atoms with E-state index in [-0.39, 0.29) is 18.4 Å². The van der Waals surface area contributed by atoms with Crippen LogP contribution in [0, 0.1) is 0 Å². The molecule has 3 heterocycles. The Bertz CT molecular complexity index is 1000. The quantitative estimate of drug-likeness (QED) is 0.763. The van der Waals surface area contributed by atoms with E-state index in [1.54, 1.807) is 23.1 Å². The second kappa shape index (κ2) is 8.50. The molecule has 2 aliphatic heterocycles. The maximum absolute atomic E-state index is 12.6. The summed E-state index contributed by atoms with van der Waals surface area (Å²) in [4.78, 5) is 32.5. The maximum atomic E-state index is 12.6. The van der Waals surface area contributed by atoms with Crippen LogP contribution in [0.25, 0.3) is 0 Å². The molecule has 5 nitrogen and oxygen atoms in total. The topological polar surface area (TPSA) is 61.8 Å². The van der Waals surface area contributed by atoms with E-state index >= 15 is 0 Å². The van der Waals surface area contributed by atoms with Gasteiger partial charge in [-0.25, -0.2) is 0 Å². The minimum absolute atomic E-state index is 0.0771. The molecule has 4 rings (SSSR count). The van der Waals surface area contributed by atoms with Crippen molar-refractivity contribution in [2.24, 2.45) is 4.99 Å². The third-order valence-corrected chi connectivity index (χ3v) is 7.49. The van der Waals surface area contributed by atoms with Gasteiger partial charge in [0, 0.05) is 27.6 Å². The van der Waals surface area contributed by atoms with Crippen molar-refractivity contribution in [3.8, 4) is 0 Å². The standard InChI is InChI=1S/C21H22ClN3O2S2/c1-12(2)28-11-18(27)25-8-7-14-16(10-25)29-21-19(14)20(23-9-17(26)24-21)13-5-3-4-6-15(13)22/h3-6,12H,7-11H2,1-2H3,(H,24,26). The zero-order valence-corrected chi connectivity index (χ0v) is 18.7. The fourth-order valence-electron chi connectivity index (χ4n) is 3.55. The third kappa shape index (κ3) is 4.22. The Labute approximate surface area is 183 Å². The molecule has 2 amide bonds. The second-order valence-electron chi connectivity index (χ2n) is 7.33. The SMILES string of the molecule is CC(C)SCC(=O)N1CCc2c(sc3c2C(c2ccccc2Cl)=NCC(=O)N3)C1. The zero-order valence-electron chi connectivity index (χ0n) is 16.3. The van der Waals surface area contributed by atoms with Crippen LogP contribution in [0.1, 0.15) is 35.4 Å². The van der Waals surface area contributed by atoms with Crippen LogP contribution < -0.4 is 5.32 Å². The molecule has 0 saturated heterocycles. The maximum Gasteiger partial charge on any atom is 0.246 e. The second-order valence-corrected chi connectivity index (χ2v) is 10.4. The van der Waals surface area contributed by atoms with Crippen molar-refractivity contribution in [2.45, 2.75) is 32.1 Å². The largest absolute Gasteiger partial charge is 0.336 e. The fourth-order valence-corrected chi connectivity index (χ4v) is 5.72. The van der Waals surface area contributed by atoms with Crippen molar-refractivity contribution in [1.29, 1.82) is 0 Å². The molecule has 8 heteroatoms. The van der Waals surface area contributed by atoms with Gasteiger partial charge in [0.2, 0.25) is 11.8 Å². The van der Waals surface area contributed by atoms with E-state index in [1.165, 1.54) is 5.56 Å². The Kier molecular flexibility index (Phi) is 5.99. The molecule has 0 saturated carbocycles. The summed E-state index contributed by atoms with van der Waals surface area (Å²) < 4.78 is 0. The van der Waals surface area contributed by atoms with Gasteiger partial charge in [-0.05, 0) is 23.3 Å². The number of hydrogen-bond donors (Lipinski definition) is 1.